The number of ether oxygens (including phenoxy) is 1. The Kier molecular flexibility index (Phi) is 4.56. The lowest BCUT2D eigenvalue weighted by atomic mass is 9.92. The molecule has 3 aromatic rings. The van der Waals surface area contributed by atoms with Crippen LogP contribution in [0.25, 0.3) is 16.7 Å². The second-order valence-electron chi connectivity index (χ2n) is 5.93. The van der Waals surface area contributed by atoms with Gasteiger partial charge in [0, 0.05) is 16.5 Å². The quantitative estimate of drug-likeness (QED) is 0.633. The molecule has 0 saturated carbocycles. The fourth-order valence-corrected chi connectivity index (χ4v) is 4.06. The van der Waals surface area contributed by atoms with Crippen molar-refractivity contribution in [3.63, 3.8) is 0 Å². The van der Waals surface area contributed by atoms with E-state index >= 15 is 0 Å². The van der Waals surface area contributed by atoms with Crippen LogP contribution >= 0.6 is 11.3 Å². The van der Waals surface area contributed by atoms with Gasteiger partial charge in [-0.2, -0.15) is 5.01 Å². The van der Waals surface area contributed by atoms with Gasteiger partial charge in [-0.15, -0.1) is 11.3 Å². The fourth-order valence-electron chi connectivity index (χ4n) is 3.10. The van der Waals surface area contributed by atoms with Crippen molar-refractivity contribution in [3.8, 4) is 11.1 Å². The van der Waals surface area contributed by atoms with Crippen molar-refractivity contribution in [2.45, 2.75) is 6.92 Å². The lowest BCUT2D eigenvalue weighted by molar-refractivity contribution is 0.109. The summed E-state index contributed by atoms with van der Waals surface area (Å²) in [5.74, 6) is -0.178. The molecule has 4 rings (SSSR count). The molecule has 2 aromatic carbocycles. The molecule has 1 amide bonds. The maximum atomic E-state index is 12.3. The van der Waals surface area contributed by atoms with E-state index < -0.39 is 6.09 Å². The summed E-state index contributed by atoms with van der Waals surface area (Å²) in [4.78, 5) is 12.3. The standard InChI is InChI=1S/C21H18N2O3S/c1-2-26-21(25)23-20(24)17(15-11-7-4-8-12-15)18-16(13-27-19(18)22-23)14-9-5-3-6-10-14/h3-13,22,24H,2H2,1H3. The first kappa shape index (κ1) is 17.2. The molecular formula is C21H18N2O3S. The van der Waals surface area contributed by atoms with Crippen LogP contribution in [0, 0.1) is 0 Å². The number of anilines is 1. The Bertz CT molecular complexity index is 997. The van der Waals surface area contributed by atoms with Crippen molar-refractivity contribution in [2.75, 3.05) is 12.0 Å². The third-order valence-corrected chi connectivity index (χ3v) is 5.17. The Morgan fingerprint density at radius 1 is 1.07 bits per heavy atom. The number of nitrogens with one attached hydrogen (secondary N) is 1. The average Bonchev–Trinajstić information content (AvgIpc) is 3.12. The Morgan fingerprint density at radius 2 is 1.70 bits per heavy atom. The van der Waals surface area contributed by atoms with Crippen LogP contribution in [0.4, 0.5) is 9.80 Å². The summed E-state index contributed by atoms with van der Waals surface area (Å²) in [5.41, 5.74) is 7.32. The molecule has 0 saturated heterocycles. The molecule has 0 bridgehead atoms. The molecule has 2 N–H and O–H groups in total. The highest BCUT2D eigenvalue weighted by molar-refractivity contribution is 7.15. The lowest BCUT2D eigenvalue weighted by Gasteiger charge is -2.29. The Morgan fingerprint density at radius 3 is 2.33 bits per heavy atom. The van der Waals surface area contributed by atoms with E-state index in [4.69, 9.17) is 4.74 Å². The molecule has 1 aliphatic rings. The van der Waals surface area contributed by atoms with Gasteiger partial charge < -0.3 is 9.84 Å². The lowest BCUT2D eigenvalue weighted by Crippen LogP contribution is -2.38. The first-order valence-electron chi connectivity index (χ1n) is 8.60. The zero-order valence-corrected chi connectivity index (χ0v) is 15.5. The molecule has 0 spiro atoms. The van der Waals surface area contributed by atoms with Gasteiger partial charge in [0.2, 0.25) is 5.88 Å². The van der Waals surface area contributed by atoms with Gasteiger partial charge in [0.05, 0.1) is 12.2 Å². The zero-order chi connectivity index (χ0) is 18.8. The van der Waals surface area contributed by atoms with Crippen LogP contribution < -0.4 is 5.43 Å². The normalized spacial score (nSPS) is 13.1. The van der Waals surface area contributed by atoms with Crippen LogP contribution in [0.5, 0.6) is 0 Å². The van der Waals surface area contributed by atoms with Crippen molar-refractivity contribution in [3.05, 3.63) is 83.1 Å². The van der Waals surface area contributed by atoms with Crippen LogP contribution in [-0.2, 0) is 4.74 Å². The number of aliphatic hydroxyl groups excluding tert-OH is 1. The van der Waals surface area contributed by atoms with Crippen LogP contribution in [0.3, 0.4) is 0 Å². The highest BCUT2D eigenvalue weighted by atomic mass is 32.1. The van der Waals surface area contributed by atoms with Gasteiger partial charge >= 0.3 is 6.09 Å². The second kappa shape index (κ2) is 7.17. The molecule has 2 heterocycles. The van der Waals surface area contributed by atoms with E-state index in [0.717, 1.165) is 32.3 Å². The fraction of sp³-hybridized carbons (Fsp3) is 0.0952. The smallest absolute Gasteiger partial charge is 0.436 e. The predicted molar refractivity (Wildman–Crippen MR) is 107 cm³/mol. The topological polar surface area (TPSA) is 61.8 Å². The molecule has 0 fully saturated rings. The van der Waals surface area contributed by atoms with Crippen LogP contribution in [-0.4, -0.2) is 22.8 Å². The molecule has 0 unspecified atom stereocenters. The van der Waals surface area contributed by atoms with Gasteiger partial charge in [0.15, 0.2) is 0 Å². The second-order valence-corrected chi connectivity index (χ2v) is 6.81. The van der Waals surface area contributed by atoms with Crippen molar-refractivity contribution < 1.29 is 14.6 Å². The number of hydrazine groups is 1. The van der Waals surface area contributed by atoms with E-state index in [9.17, 15) is 9.90 Å². The number of carbonyl (C=O) groups is 1. The number of fused-ring (bicyclic) bond motifs is 1. The molecule has 5 nitrogen and oxygen atoms in total. The number of aliphatic hydroxyl groups is 1. The van der Waals surface area contributed by atoms with Crippen molar-refractivity contribution in [1.29, 1.82) is 0 Å². The van der Waals surface area contributed by atoms with Gasteiger partial charge in [0.1, 0.15) is 5.00 Å². The Hall–Kier alpha value is -3.25. The van der Waals surface area contributed by atoms with Crippen LogP contribution in [0.15, 0.2) is 71.9 Å². The molecule has 0 radical (unpaired) electrons. The molecule has 0 aliphatic carbocycles. The van der Waals surface area contributed by atoms with Gasteiger partial charge in [-0.3, -0.25) is 5.43 Å². The predicted octanol–water partition coefficient (Wildman–Crippen LogP) is 5.49. The molecule has 0 atom stereocenters. The minimum Gasteiger partial charge on any atom is -0.493 e. The molecule has 136 valence electrons. The van der Waals surface area contributed by atoms with Gasteiger partial charge in [-0.25, -0.2) is 4.79 Å². The number of hydrogen-bond donors (Lipinski definition) is 2. The molecular weight excluding hydrogens is 360 g/mol. The molecule has 6 heteroatoms. The summed E-state index contributed by atoms with van der Waals surface area (Å²) in [6, 6.07) is 19.5. The van der Waals surface area contributed by atoms with E-state index in [2.05, 4.69) is 5.43 Å². The third kappa shape index (κ3) is 3.04. The maximum absolute atomic E-state index is 12.3. The molecule has 27 heavy (non-hydrogen) atoms. The van der Waals surface area contributed by atoms with E-state index in [0.29, 0.717) is 5.57 Å². The minimum absolute atomic E-state index is 0.178. The number of benzene rings is 2. The molecule has 1 aromatic heterocycles. The van der Waals surface area contributed by atoms with Crippen molar-refractivity contribution >= 4 is 28.0 Å². The van der Waals surface area contributed by atoms with Crippen LogP contribution in [0.2, 0.25) is 0 Å². The SMILES string of the molecule is CCOC(=O)N1Nc2scc(-c3ccccc3)c2C(c2ccccc2)=C1O. The number of hydrogen-bond acceptors (Lipinski definition) is 5. The zero-order valence-electron chi connectivity index (χ0n) is 14.7. The summed E-state index contributed by atoms with van der Waals surface area (Å²) in [6.07, 6.45) is -0.649. The van der Waals surface area contributed by atoms with Gasteiger partial charge in [-0.1, -0.05) is 60.7 Å². The average molecular weight is 378 g/mol. The van der Waals surface area contributed by atoms with E-state index in [-0.39, 0.29) is 12.5 Å². The Labute approximate surface area is 161 Å². The summed E-state index contributed by atoms with van der Waals surface area (Å²) in [7, 11) is 0. The van der Waals surface area contributed by atoms with Gasteiger partial charge in [-0.05, 0) is 18.1 Å². The van der Waals surface area contributed by atoms with Crippen molar-refractivity contribution in [2.24, 2.45) is 0 Å². The molecule has 1 aliphatic heterocycles. The van der Waals surface area contributed by atoms with E-state index in [1.54, 1.807) is 6.92 Å². The number of amides is 1. The summed E-state index contributed by atoms with van der Waals surface area (Å²) in [6.45, 7) is 1.95. The monoisotopic (exact) mass is 378 g/mol. The number of carbonyl (C=O) groups excluding carboxylic acids is 1. The van der Waals surface area contributed by atoms with Gasteiger partial charge in [0.25, 0.3) is 0 Å². The summed E-state index contributed by atoms with van der Waals surface area (Å²) in [5, 5.41) is 14.8. The third-order valence-electron chi connectivity index (χ3n) is 4.29. The first-order valence-corrected chi connectivity index (χ1v) is 9.48. The maximum Gasteiger partial charge on any atom is 0.436 e. The number of nitrogens with zero attached hydrogens (tertiary/aromatic N) is 1. The number of rotatable bonds is 3. The van der Waals surface area contributed by atoms with Crippen molar-refractivity contribution in [1.82, 2.24) is 5.01 Å². The Balaban J connectivity index is 1.92. The highest BCUT2D eigenvalue weighted by Crippen LogP contribution is 2.46. The summed E-state index contributed by atoms with van der Waals surface area (Å²) >= 11 is 1.48. The number of thiophene rings is 1. The highest BCUT2D eigenvalue weighted by Gasteiger charge is 2.33. The largest absolute Gasteiger partial charge is 0.493 e. The van der Waals surface area contributed by atoms with Crippen LogP contribution in [0.1, 0.15) is 18.1 Å². The minimum atomic E-state index is -0.649. The van der Waals surface area contributed by atoms with E-state index in [1.165, 1.54) is 11.3 Å². The van der Waals surface area contributed by atoms with E-state index in [1.807, 2.05) is 66.0 Å². The summed E-state index contributed by atoms with van der Waals surface area (Å²) < 4.78 is 5.08. The first-order chi connectivity index (χ1) is 13.2.